The standard InChI is InChI=1S/C17H16O2/c18-15-8-4-5-13(11-15)12-16(19)17(9-10-17)14-6-2-1-3-7-14/h1-8,11,18H,9-10,12H2. The van der Waals surface area contributed by atoms with E-state index in [1.807, 2.05) is 36.4 Å². The second kappa shape index (κ2) is 4.54. The first-order chi connectivity index (χ1) is 9.21. The van der Waals surface area contributed by atoms with Crippen LogP contribution < -0.4 is 0 Å². The van der Waals surface area contributed by atoms with Gasteiger partial charge >= 0.3 is 0 Å². The third-order valence-corrected chi connectivity index (χ3v) is 3.89. The predicted molar refractivity (Wildman–Crippen MR) is 74.2 cm³/mol. The quantitative estimate of drug-likeness (QED) is 0.907. The zero-order valence-corrected chi connectivity index (χ0v) is 10.7. The van der Waals surface area contributed by atoms with Crippen molar-refractivity contribution in [3.63, 3.8) is 0 Å². The fraction of sp³-hybridized carbons (Fsp3) is 0.235. The molecule has 0 heterocycles. The molecule has 0 aliphatic heterocycles. The van der Waals surface area contributed by atoms with E-state index < -0.39 is 0 Å². The number of carbonyl (C=O) groups is 1. The van der Waals surface area contributed by atoms with Crippen LogP contribution in [0.5, 0.6) is 5.75 Å². The van der Waals surface area contributed by atoms with Crippen LogP contribution in [0.3, 0.4) is 0 Å². The van der Waals surface area contributed by atoms with E-state index in [4.69, 9.17) is 0 Å². The molecule has 2 aromatic rings. The maximum absolute atomic E-state index is 12.5. The highest BCUT2D eigenvalue weighted by molar-refractivity contribution is 5.94. The van der Waals surface area contributed by atoms with Crippen molar-refractivity contribution >= 4 is 5.78 Å². The minimum Gasteiger partial charge on any atom is -0.508 e. The topological polar surface area (TPSA) is 37.3 Å². The summed E-state index contributed by atoms with van der Waals surface area (Å²) in [4.78, 5) is 12.5. The average Bonchev–Trinajstić information content (AvgIpc) is 3.21. The zero-order chi connectivity index (χ0) is 13.3. The molecule has 2 nitrogen and oxygen atoms in total. The van der Waals surface area contributed by atoms with E-state index >= 15 is 0 Å². The fourth-order valence-electron chi connectivity index (χ4n) is 2.63. The van der Waals surface area contributed by atoms with Crippen LogP contribution in [0, 0.1) is 0 Å². The van der Waals surface area contributed by atoms with Crippen molar-refractivity contribution in [2.45, 2.75) is 24.7 Å². The summed E-state index contributed by atoms with van der Waals surface area (Å²) in [5.41, 5.74) is 1.74. The molecule has 0 spiro atoms. The Labute approximate surface area is 112 Å². The van der Waals surface area contributed by atoms with Gasteiger partial charge in [-0.25, -0.2) is 0 Å². The molecule has 0 unspecified atom stereocenters. The third kappa shape index (κ3) is 2.26. The molecule has 2 aromatic carbocycles. The second-order valence-electron chi connectivity index (χ2n) is 5.22. The number of hydrogen-bond donors (Lipinski definition) is 1. The average molecular weight is 252 g/mol. The summed E-state index contributed by atoms with van der Waals surface area (Å²) in [7, 11) is 0. The Morgan fingerprint density at radius 2 is 1.79 bits per heavy atom. The minimum atomic E-state index is -0.271. The van der Waals surface area contributed by atoms with Gasteiger partial charge in [0.05, 0.1) is 5.41 Å². The van der Waals surface area contributed by atoms with Crippen molar-refractivity contribution in [3.05, 3.63) is 65.7 Å². The van der Waals surface area contributed by atoms with Gasteiger partial charge in [-0.2, -0.15) is 0 Å². The van der Waals surface area contributed by atoms with Gasteiger partial charge in [-0.15, -0.1) is 0 Å². The molecule has 2 heteroatoms. The number of aromatic hydroxyl groups is 1. The van der Waals surface area contributed by atoms with E-state index in [-0.39, 0.29) is 16.9 Å². The molecule has 1 N–H and O–H groups in total. The summed E-state index contributed by atoms with van der Waals surface area (Å²) in [6.45, 7) is 0. The lowest BCUT2D eigenvalue weighted by molar-refractivity contribution is -0.120. The van der Waals surface area contributed by atoms with E-state index in [0.717, 1.165) is 24.0 Å². The number of Topliss-reactive ketones (excluding diaryl/α,β-unsaturated/α-hetero) is 1. The van der Waals surface area contributed by atoms with Crippen molar-refractivity contribution in [1.29, 1.82) is 0 Å². The molecular weight excluding hydrogens is 236 g/mol. The first-order valence-electron chi connectivity index (χ1n) is 6.57. The van der Waals surface area contributed by atoms with Crippen molar-refractivity contribution in [2.75, 3.05) is 0 Å². The monoisotopic (exact) mass is 252 g/mol. The molecular formula is C17H16O2. The number of rotatable bonds is 4. The van der Waals surface area contributed by atoms with E-state index in [2.05, 4.69) is 0 Å². The molecule has 3 rings (SSSR count). The van der Waals surface area contributed by atoms with Crippen LogP contribution in [-0.2, 0) is 16.6 Å². The summed E-state index contributed by atoms with van der Waals surface area (Å²) >= 11 is 0. The van der Waals surface area contributed by atoms with Gasteiger partial charge in [0, 0.05) is 6.42 Å². The Bertz CT molecular complexity index is 598. The lowest BCUT2D eigenvalue weighted by atomic mass is 9.88. The second-order valence-corrected chi connectivity index (χ2v) is 5.22. The number of carbonyl (C=O) groups excluding carboxylic acids is 1. The maximum atomic E-state index is 12.5. The van der Waals surface area contributed by atoms with E-state index in [0.29, 0.717) is 6.42 Å². The predicted octanol–water partition coefficient (Wildman–Crippen LogP) is 3.24. The molecule has 0 atom stereocenters. The summed E-state index contributed by atoms with van der Waals surface area (Å²) in [5, 5.41) is 9.45. The number of hydrogen-bond acceptors (Lipinski definition) is 2. The Hall–Kier alpha value is -2.09. The van der Waals surface area contributed by atoms with Crippen molar-refractivity contribution in [2.24, 2.45) is 0 Å². The normalized spacial score (nSPS) is 16.0. The van der Waals surface area contributed by atoms with E-state index in [9.17, 15) is 9.90 Å². The van der Waals surface area contributed by atoms with Gasteiger partial charge in [-0.05, 0) is 36.1 Å². The first-order valence-corrected chi connectivity index (χ1v) is 6.57. The van der Waals surface area contributed by atoms with Gasteiger partial charge in [-0.1, -0.05) is 42.5 Å². The highest BCUT2D eigenvalue weighted by atomic mass is 16.3. The highest BCUT2D eigenvalue weighted by Crippen LogP contribution is 2.49. The number of benzene rings is 2. The molecule has 0 saturated heterocycles. The molecule has 0 bridgehead atoms. The zero-order valence-electron chi connectivity index (χ0n) is 10.7. The Kier molecular flexibility index (Phi) is 2.86. The molecule has 19 heavy (non-hydrogen) atoms. The van der Waals surface area contributed by atoms with Crippen molar-refractivity contribution in [1.82, 2.24) is 0 Å². The van der Waals surface area contributed by atoms with E-state index in [1.54, 1.807) is 18.2 Å². The fourth-order valence-corrected chi connectivity index (χ4v) is 2.63. The van der Waals surface area contributed by atoms with Crippen molar-refractivity contribution in [3.8, 4) is 5.75 Å². The summed E-state index contributed by atoms with van der Waals surface area (Å²) in [6, 6.07) is 17.0. The molecule has 1 aliphatic rings. The molecule has 0 aromatic heterocycles. The highest BCUT2D eigenvalue weighted by Gasteiger charge is 2.50. The van der Waals surface area contributed by atoms with Crippen LogP contribution in [0.2, 0.25) is 0 Å². The van der Waals surface area contributed by atoms with Gasteiger partial charge in [0.25, 0.3) is 0 Å². The van der Waals surface area contributed by atoms with Crippen LogP contribution >= 0.6 is 0 Å². The molecule has 1 fully saturated rings. The SMILES string of the molecule is O=C(Cc1cccc(O)c1)C1(c2ccccc2)CC1. The number of phenolic OH excluding ortho intramolecular Hbond substituents is 1. The first kappa shape index (κ1) is 12.0. The van der Waals surface area contributed by atoms with Crippen LogP contribution in [-0.4, -0.2) is 10.9 Å². The molecule has 1 saturated carbocycles. The lowest BCUT2D eigenvalue weighted by Crippen LogP contribution is -2.22. The van der Waals surface area contributed by atoms with Gasteiger partial charge in [0.2, 0.25) is 0 Å². The number of phenols is 1. The van der Waals surface area contributed by atoms with Gasteiger partial charge in [0.1, 0.15) is 11.5 Å². The largest absolute Gasteiger partial charge is 0.508 e. The summed E-state index contributed by atoms with van der Waals surface area (Å²) in [6.07, 6.45) is 2.27. The Morgan fingerprint density at radius 1 is 1.05 bits per heavy atom. The van der Waals surface area contributed by atoms with Crippen LogP contribution in [0.1, 0.15) is 24.0 Å². The van der Waals surface area contributed by atoms with E-state index in [1.165, 1.54) is 0 Å². The molecule has 0 radical (unpaired) electrons. The number of ketones is 1. The maximum Gasteiger partial charge on any atom is 0.147 e. The third-order valence-electron chi connectivity index (χ3n) is 3.89. The van der Waals surface area contributed by atoms with Gasteiger partial charge < -0.3 is 5.11 Å². The molecule has 1 aliphatic carbocycles. The Balaban J connectivity index is 1.82. The Morgan fingerprint density at radius 3 is 2.42 bits per heavy atom. The molecule has 0 amide bonds. The summed E-state index contributed by atoms with van der Waals surface area (Å²) < 4.78 is 0. The summed E-state index contributed by atoms with van der Waals surface area (Å²) in [5.74, 6) is 0.471. The van der Waals surface area contributed by atoms with Crippen molar-refractivity contribution < 1.29 is 9.90 Å². The molecule has 96 valence electrons. The van der Waals surface area contributed by atoms with Gasteiger partial charge in [0.15, 0.2) is 0 Å². The van der Waals surface area contributed by atoms with Gasteiger partial charge in [-0.3, -0.25) is 4.79 Å². The van der Waals surface area contributed by atoms with Crippen LogP contribution in [0.4, 0.5) is 0 Å². The lowest BCUT2D eigenvalue weighted by Gasteiger charge is -2.14. The van der Waals surface area contributed by atoms with Crippen LogP contribution in [0.25, 0.3) is 0 Å². The smallest absolute Gasteiger partial charge is 0.147 e. The minimum absolute atomic E-state index is 0.217. The van der Waals surface area contributed by atoms with Crippen LogP contribution in [0.15, 0.2) is 54.6 Å².